The van der Waals surface area contributed by atoms with E-state index in [2.05, 4.69) is 29.8 Å². The van der Waals surface area contributed by atoms with Crippen LogP contribution in [0.4, 0.5) is 0 Å². The van der Waals surface area contributed by atoms with Crippen molar-refractivity contribution in [2.45, 2.75) is 26.3 Å². The Morgan fingerprint density at radius 3 is 3.23 bits per heavy atom. The molecule has 0 bridgehead atoms. The highest BCUT2D eigenvalue weighted by Crippen LogP contribution is 2.11. The Labute approximate surface area is 78.4 Å². The molecular weight excluding hydrogens is 162 g/mol. The highest BCUT2D eigenvalue weighted by atomic mass is 15.3. The van der Waals surface area contributed by atoms with Gasteiger partial charge >= 0.3 is 0 Å². The van der Waals surface area contributed by atoms with Crippen molar-refractivity contribution in [3.63, 3.8) is 0 Å². The molecule has 0 radical (unpaired) electrons. The van der Waals surface area contributed by atoms with Crippen LogP contribution in [0.1, 0.15) is 25.5 Å². The number of rotatable bonds is 2. The minimum absolute atomic E-state index is 0.928. The van der Waals surface area contributed by atoms with Crippen LogP contribution >= 0.6 is 0 Å². The molecular formula is C10H16N3+. The number of hydrogen-bond acceptors (Lipinski definition) is 1. The lowest BCUT2D eigenvalue weighted by molar-refractivity contribution is -0.544. The second kappa shape index (κ2) is 3.24. The molecule has 3 heteroatoms. The van der Waals surface area contributed by atoms with Crippen LogP contribution < -0.4 is 5.84 Å². The molecule has 2 N–H and O–H groups in total. The molecule has 1 aromatic rings. The molecule has 0 saturated carbocycles. The summed E-state index contributed by atoms with van der Waals surface area (Å²) in [5, 5.41) is 0. The van der Waals surface area contributed by atoms with Crippen LogP contribution in [-0.2, 0) is 6.54 Å². The van der Waals surface area contributed by atoms with E-state index in [0.717, 1.165) is 25.9 Å². The Bertz CT molecular complexity index is 336. The second-order valence-corrected chi connectivity index (χ2v) is 3.48. The topological polar surface area (TPSA) is 34.0 Å². The predicted molar refractivity (Wildman–Crippen MR) is 52.8 cm³/mol. The van der Waals surface area contributed by atoms with E-state index in [-0.39, 0.29) is 0 Å². The van der Waals surface area contributed by atoms with Gasteiger partial charge in [0.1, 0.15) is 5.69 Å². The Hall–Kier alpha value is -1.25. The molecule has 0 spiro atoms. The van der Waals surface area contributed by atoms with Crippen molar-refractivity contribution >= 4 is 5.71 Å². The van der Waals surface area contributed by atoms with Crippen LogP contribution in [-0.4, -0.2) is 21.5 Å². The molecule has 13 heavy (non-hydrogen) atoms. The number of hydrazone groups is 1. The van der Waals surface area contributed by atoms with Crippen molar-refractivity contribution in [1.82, 2.24) is 4.57 Å². The monoisotopic (exact) mass is 178 g/mol. The van der Waals surface area contributed by atoms with Crippen molar-refractivity contribution in [3.05, 3.63) is 24.0 Å². The van der Waals surface area contributed by atoms with Gasteiger partial charge in [0.25, 0.3) is 0 Å². The smallest absolute Gasteiger partial charge is 0.228 e. The molecule has 1 aromatic heterocycles. The first-order valence-electron chi connectivity index (χ1n) is 4.86. The zero-order valence-corrected chi connectivity index (χ0v) is 8.03. The fourth-order valence-electron chi connectivity index (χ4n) is 1.88. The van der Waals surface area contributed by atoms with E-state index in [4.69, 9.17) is 5.84 Å². The van der Waals surface area contributed by atoms with Gasteiger partial charge in [0, 0.05) is 12.6 Å². The Morgan fingerprint density at radius 1 is 1.62 bits per heavy atom. The van der Waals surface area contributed by atoms with Gasteiger partial charge in [-0.3, -0.25) is 0 Å². The summed E-state index contributed by atoms with van der Waals surface area (Å²) in [5.41, 5.74) is 2.56. The highest BCUT2D eigenvalue weighted by Gasteiger charge is 2.22. The summed E-state index contributed by atoms with van der Waals surface area (Å²) in [6.07, 6.45) is 4.34. The van der Waals surface area contributed by atoms with Crippen LogP contribution in [0.5, 0.6) is 0 Å². The Morgan fingerprint density at radius 2 is 2.46 bits per heavy atom. The first-order valence-corrected chi connectivity index (χ1v) is 4.86. The van der Waals surface area contributed by atoms with Gasteiger partial charge in [0.05, 0.1) is 6.54 Å². The van der Waals surface area contributed by atoms with Gasteiger partial charge in [0.15, 0.2) is 6.54 Å². The third kappa shape index (κ3) is 1.34. The first kappa shape index (κ1) is 8.35. The normalized spacial score (nSPS) is 16.1. The molecule has 0 fully saturated rings. The minimum Gasteiger partial charge on any atom is -0.336 e. The fraction of sp³-hybridized carbons (Fsp3) is 0.500. The molecule has 70 valence electrons. The summed E-state index contributed by atoms with van der Waals surface area (Å²) in [6.45, 7) is 4.12. The second-order valence-electron chi connectivity index (χ2n) is 3.48. The van der Waals surface area contributed by atoms with Gasteiger partial charge in [-0.25, -0.2) is 5.84 Å². The first-order chi connectivity index (χ1) is 6.33. The SMILES string of the molecule is CCCC1=[N+](N)CCn2cccc21. The van der Waals surface area contributed by atoms with Gasteiger partial charge in [-0.2, -0.15) is 0 Å². The molecule has 0 aliphatic carbocycles. The number of hydrazine groups is 1. The summed E-state index contributed by atoms with van der Waals surface area (Å²) in [5.74, 6) is 5.92. The van der Waals surface area contributed by atoms with E-state index in [9.17, 15) is 0 Å². The molecule has 1 aliphatic rings. The lowest BCUT2D eigenvalue weighted by Crippen LogP contribution is -2.37. The predicted octanol–water partition coefficient (Wildman–Crippen LogP) is 0.977. The highest BCUT2D eigenvalue weighted by molar-refractivity contribution is 5.95. The van der Waals surface area contributed by atoms with Crippen LogP contribution in [0.2, 0.25) is 0 Å². The minimum atomic E-state index is 0.928. The van der Waals surface area contributed by atoms with Crippen LogP contribution in [0.15, 0.2) is 18.3 Å². The Balaban J connectivity index is 2.40. The van der Waals surface area contributed by atoms with Crippen molar-refractivity contribution in [3.8, 4) is 0 Å². The maximum absolute atomic E-state index is 5.92. The van der Waals surface area contributed by atoms with Crippen LogP contribution in [0.3, 0.4) is 0 Å². The van der Waals surface area contributed by atoms with Crippen molar-refractivity contribution in [2.75, 3.05) is 6.54 Å². The molecule has 0 unspecified atom stereocenters. The number of fused-ring (bicyclic) bond motifs is 1. The molecule has 0 aromatic carbocycles. The van der Waals surface area contributed by atoms with E-state index >= 15 is 0 Å². The molecule has 2 heterocycles. The summed E-state index contributed by atoms with van der Waals surface area (Å²) >= 11 is 0. The van der Waals surface area contributed by atoms with Gasteiger partial charge in [-0.15, -0.1) is 4.68 Å². The van der Waals surface area contributed by atoms with E-state index < -0.39 is 0 Å². The number of hydrogen-bond donors (Lipinski definition) is 1. The summed E-state index contributed by atoms with van der Waals surface area (Å²) in [7, 11) is 0. The summed E-state index contributed by atoms with van der Waals surface area (Å²) in [4.78, 5) is 0. The number of nitrogens with two attached hydrogens (primary N) is 1. The van der Waals surface area contributed by atoms with Gasteiger partial charge in [0.2, 0.25) is 5.71 Å². The largest absolute Gasteiger partial charge is 0.336 e. The molecule has 0 atom stereocenters. The molecule has 0 amide bonds. The van der Waals surface area contributed by atoms with Gasteiger partial charge < -0.3 is 4.57 Å². The maximum Gasteiger partial charge on any atom is 0.228 e. The zero-order chi connectivity index (χ0) is 9.26. The van der Waals surface area contributed by atoms with E-state index in [0.29, 0.717) is 0 Å². The average Bonchev–Trinajstić information content (AvgIpc) is 2.58. The summed E-state index contributed by atoms with van der Waals surface area (Å²) in [6, 6.07) is 4.23. The van der Waals surface area contributed by atoms with Gasteiger partial charge in [-0.1, -0.05) is 6.92 Å². The molecule has 0 saturated heterocycles. The number of nitrogens with zero attached hydrogens (tertiary/aromatic N) is 2. The van der Waals surface area contributed by atoms with E-state index in [1.54, 1.807) is 0 Å². The van der Waals surface area contributed by atoms with Crippen LogP contribution in [0.25, 0.3) is 0 Å². The fourth-order valence-corrected chi connectivity index (χ4v) is 1.88. The standard InChI is InChI=1S/C10H16N3/c1-2-4-10-9-5-3-6-12(9)7-8-13(10)11/h3,5-6H,2,4,7-8,11H2,1H3/q+1. The zero-order valence-electron chi connectivity index (χ0n) is 8.03. The van der Waals surface area contributed by atoms with Crippen LogP contribution in [0, 0.1) is 0 Å². The van der Waals surface area contributed by atoms with Gasteiger partial charge in [-0.05, 0) is 18.6 Å². The third-order valence-corrected chi connectivity index (χ3v) is 2.54. The average molecular weight is 178 g/mol. The maximum atomic E-state index is 5.92. The summed E-state index contributed by atoms with van der Waals surface area (Å²) < 4.78 is 4.16. The number of aromatic nitrogens is 1. The lowest BCUT2D eigenvalue weighted by Gasteiger charge is -2.13. The molecule has 1 aliphatic heterocycles. The van der Waals surface area contributed by atoms with Crippen molar-refractivity contribution < 1.29 is 4.68 Å². The quantitative estimate of drug-likeness (QED) is 0.531. The van der Waals surface area contributed by atoms with Crippen molar-refractivity contribution in [2.24, 2.45) is 5.84 Å². The van der Waals surface area contributed by atoms with E-state index in [1.807, 2.05) is 4.68 Å². The lowest BCUT2D eigenvalue weighted by atomic mass is 10.1. The molecule has 2 rings (SSSR count). The van der Waals surface area contributed by atoms with E-state index in [1.165, 1.54) is 11.4 Å². The van der Waals surface area contributed by atoms with Crippen molar-refractivity contribution in [1.29, 1.82) is 0 Å². The third-order valence-electron chi connectivity index (χ3n) is 2.54. The molecule has 3 nitrogen and oxygen atoms in total. The Kier molecular flexibility index (Phi) is 2.08.